The number of carbonyl (C=O) groups excluding carboxylic acids is 2. The molecule has 0 bridgehead atoms. The van der Waals surface area contributed by atoms with Gasteiger partial charge in [0.05, 0.1) is 22.1 Å². The normalized spacial score (nSPS) is 17.4. The SMILES string of the molecule is CCSCC(=O)N1CCC(c2nc(C(=O)Nc3ccccc3N3CCCCC3)cs2)CC1. The lowest BCUT2D eigenvalue weighted by Gasteiger charge is -2.31. The topological polar surface area (TPSA) is 65.5 Å². The molecule has 0 saturated carbocycles. The summed E-state index contributed by atoms with van der Waals surface area (Å²) in [6.45, 7) is 5.70. The van der Waals surface area contributed by atoms with E-state index < -0.39 is 0 Å². The van der Waals surface area contributed by atoms with Crippen molar-refractivity contribution in [2.45, 2.75) is 44.9 Å². The average molecular weight is 473 g/mol. The first-order valence-corrected chi connectivity index (χ1v) is 13.7. The molecule has 3 heterocycles. The van der Waals surface area contributed by atoms with Crippen molar-refractivity contribution in [3.05, 3.63) is 40.3 Å². The van der Waals surface area contributed by atoms with Crippen LogP contribution in [0.25, 0.3) is 0 Å². The Bertz CT molecular complexity index is 918. The Morgan fingerprint density at radius 2 is 1.88 bits per heavy atom. The Labute approximate surface area is 198 Å². The van der Waals surface area contributed by atoms with E-state index in [4.69, 9.17) is 0 Å². The van der Waals surface area contributed by atoms with Crippen LogP contribution < -0.4 is 10.2 Å². The third kappa shape index (κ3) is 5.64. The molecule has 0 aliphatic carbocycles. The van der Waals surface area contributed by atoms with Crippen molar-refractivity contribution in [1.82, 2.24) is 9.88 Å². The second kappa shape index (κ2) is 11.2. The molecular formula is C24H32N4O2S2. The lowest BCUT2D eigenvalue weighted by molar-refractivity contribution is -0.129. The molecule has 1 aromatic heterocycles. The standard InChI is InChI=1S/C24H32N4O2S2/c1-2-31-17-22(29)28-14-10-18(11-15-28)24-26-20(16-32-24)23(30)25-19-8-4-5-9-21(19)27-12-6-3-7-13-27/h4-5,8-9,16,18H,2-3,6-7,10-15,17H2,1H3,(H,25,30). The van der Waals surface area contributed by atoms with E-state index in [0.717, 1.165) is 61.2 Å². The number of thiazole rings is 1. The van der Waals surface area contributed by atoms with Crippen LogP contribution in [-0.2, 0) is 4.79 Å². The number of rotatable bonds is 7. The van der Waals surface area contributed by atoms with Gasteiger partial charge in [-0.05, 0) is 50.0 Å². The van der Waals surface area contributed by atoms with E-state index in [1.54, 1.807) is 23.1 Å². The lowest BCUT2D eigenvalue weighted by atomic mass is 9.97. The highest BCUT2D eigenvalue weighted by molar-refractivity contribution is 7.99. The van der Waals surface area contributed by atoms with Gasteiger partial charge in [-0.1, -0.05) is 19.1 Å². The van der Waals surface area contributed by atoms with E-state index in [1.165, 1.54) is 19.3 Å². The van der Waals surface area contributed by atoms with Crippen LogP contribution in [0.1, 0.15) is 60.4 Å². The van der Waals surface area contributed by atoms with Crippen molar-refractivity contribution in [2.24, 2.45) is 0 Å². The Balaban J connectivity index is 1.35. The van der Waals surface area contributed by atoms with Crippen molar-refractivity contribution in [3.63, 3.8) is 0 Å². The number of thioether (sulfide) groups is 1. The van der Waals surface area contributed by atoms with Gasteiger partial charge in [-0.3, -0.25) is 9.59 Å². The van der Waals surface area contributed by atoms with Crippen molar-refractivity contribution in [3.8, 4) is 0 Å². The Morgan fingerprint density at radius 3 is 2.62 bits per heavy atom. The molecule has 2 aliphatic heterocycles. The summed E-state index contributed by atoms with van der Waals surface area (Å²) in [5.41, 5.74) is 2.43. The second-order valence-electron chi connectivity index (χ2n) is 8.38. The van der Waals surface area contributed by atoms with Gasteiger partial charge in [-0.25, -0.2) is 4.98 Å². The molecule has 2 aliphatic rings. The van der Waals surface area contributed by atoms with E-state index in [2.05, 4.69) is 28.2 Å². The van der Waals surface area contributed by atoms with Crippen LogP contribution in [0.15, 0.2) is 29.6 Å². The quantitative estimate of drug-likeness (QED) is 0.624. The number of amides is 2. The van der Waals surface area contributed by atoms with Crippen molar-refractivity contribution in [1.29, 1.82) is 0 Å². The summed E-state index contributed by atoms with van der Waals surface area (Å²) in [5.74, 6) is 1.95. The maximum absolute atomic E-state index is 12.9. The molecule has 2 aromatic rings. The molecule has 0 unspecified atom stereocenters. The zero-order chi connectivity index (χ0) is 22.3. The molecule has 0 atom stereocenters. The van der Waals surface area contributed by atoms with Gasteiger partial charge in [-0.15, -0.1) is 11.3 Å². The Morgan fingerprint density at radius 1 is 1.12 bits per heavy atom. The number of anilines is 2. The molecule has 6 nitrogen and oxygen atoms in total. The first-order chi connectivity index (χ1) is 15.7. The highest BCUT2D eigenvalue weighted by Crippen LogP contribution is 2.32. The van der Waals surface area contributed by atoms with Gasteiger partial charge in [0.2, 0.25) is 5.91 Å². The highest BCUT2D eigenvalue weighted by Gasteiger charge is 2.26. The van der Waals surface area contributed by atoms with E-state index >= 15 is 0 Å². The molecule has 2 saturated heterocycles. The van der Waals surface area contributed by atoms with Gasteiger partial charge in [0.25, 0.3) is 5.91 Å². The van der Waals surface area contributed by atoms with Gasteiger partial charge in [0.15, 0.2) is 0 Å². The third-order valence-corrected chi connectivity index (χ3v) is 8.10. The summed E-state index contributed by atoms with van der Waals surface area (Å²) in [7, 11) is 0. The van der Waals surface area contributed by atoms with Crippen LogP contribution in [0.5, 0.6) is 0 Å². The molecule has 4 rings (SSSR count). The van der Waals surface area contributed by atoms with Gasteiger partial charge < -0.3 is 15.1 Å². The smallest absolute Gasteiger partial charge is 0.275 e. The fourth-order valence-corrected chi connectivity index (χ4v) is 5.94. The lowest BCUT2D eigenvalue weighted by Crippen LogP contribution is -2.39. The fraction of sp³-hybridized carbons (Fsp3) is 0.542. The molecule has 2 fully saturated rings. The Kier molecular flexibility index (Phi) is 8.08. The van der Waals surface area contributed by atoms with Crippen molar-refractivity contribution in [2.75, 3.05) is 47.9 Å². The van der Waals surface area contributed by atoms with E-state index in [1.807, 2.05) is 28.5 Å². The van der Waals surface area contributed by atoms with Gasteiger partial charge in [0, 0.05) is 37.5 Å². The number of nitrogens with zero attached hydrogens (tertiary/aromatic N) is 3. The van der Waals surface area contributed by atoms with Crippen LogP contribution >= 0.6 is 23.1 Å². The fourth-order valence-electron chi connectivity index (χ4n) is 4.41. The summed E-state index contributed by atoms with van der Waals surface area (Å²) >= 11 is 3.24. The van der Waals surface area contributed by atoms with Gasteiger partial charge in [0.1, 0.15) is 5.69 Å². The minimum Gasteiger partial charge on any atom is -0.370 e. The number of aromatic nitrogens is 1. The molecule has 8 heteroatoms. The van der Waals surface area contributed by atoms with Crippen LogP contribution in [0, 0.1) is 0 Å². The monoisotopic (exact) mass is 472 g/mol. The number of piperidine rings is 2. The summed E-state index contributed by atoms with van der Waals surface area (Å²) < 4.78 is 0. The Hall–Kier alpha value is -2.06. The van der Waals surface area contributed by atoms with E-state index in [9.17, 15) is 9.59 Å². The zero-order valence-electron chi connectivity index (χ0n) is 18.7. The van der Waals surface area contributed by atoms with Crippen molar-refractivity contribution < 1.29 is 9.59 Å². The molecule has 0 spiro atoms. The van der Waals surface area contributed by atoms with Crippen molar-refractivity contribution >= 4 is 46.3 Å². The van der Waals surface area contributed by atoms with Gasteiger partial charge >= 0.3 is 0 Å². The van der Waals surface area contributed by atoms with E-state index in [-0.39, 0.29) is 11.8 Å². The van der Waals surface area contributed by atoms with Crippen LogP contribution in [0.3, 0.4) is 0 Å². The van der Waals surface area contributed by atoms with Crippen LogP contribution in [0.2, 0.25) is 0 Å². The molecule has 172 valence electrons. The number of para-hydroxylation sites is 2. The molecular weight excluding hydrogens is 440 g/mol. The minimum atomic E-state index is -0.152. The number of likely N-dealkylation sites (tertiary alicyclic amines) is 1. The van der Waals surface area contributed by atoms with Crippen LogP contribution in [-0.4, -0.2) is 59.4 Å². The highest BCUT2D eigenvalue weighted by atomic mass is 32.2. The predicted octanol–water partition coefficient (Wildman–Crippen LogP) is 4.84. The number of hydrogen-bond donors (Lipinski definition) is 1. The van der Waals surface area contributed by atoms with Gasteiger partial charge in [-0.2, -0.15) is 11.8 Å². The summed E-state index contributed by atoms with van der Waals surface area (Å²) in [6, 6.07) is 8.04. The first kappa shape index (κ1) is 23.1. The molecule has 1 aromatic carbocycles. The minimum absolute atomic E-state index is 0.152. The molecule has 32 heavy (non-hydrogen) atoms. The maximum Gasteiger partial charge on any atom is 0.275 e. The first-order valence-electron chi connectivity index (χ1n) is 11.6. The summed E-state index contributed by atoms with van der Waals surface area (Å²) in [4.78, 5) is 34.2. The summed E-state index contributed by atoms with van der Waals surface area (Å²) in [6.07, 6.45) is 5.49. The van der Waals surface area contributed by atoms with E-state index in [0.29, 0.717) is 17.4 Å². The number of nitrogens with one attached hydrogen (secondary N) is 1. The number of benzene rings is 1. The number of hydrogen-bond acceptors (Lipinski definition) is 6. The van der Waals surface area contributed by atoms with Crippen LogP contribution in [0.4, 0.5) is 11.4 Å². The second-order valence-corrected chi connectivity index (χ2v) is 10.5. The zero-order valence-corrected chi connectivity index (χ0v) is 20.3. The largest absolute Gasteiger partial charge is 0.370 e. The molecule has 2 amide bonds. The third-order valence-electron chi connectivity index (χ3n) is 6.23. The summed E-state index contributed by atoms with van der Waals surface area (Å²) in [5, 5.41) is 5.96. The molecule has 0 radical (unpaired) electrons. The maximum atomic E-state index is 12.9. The predicted molar refractivity (Wildman–Crippen MR) is 134 cm³/mol. The number of carbonyl (C=O) groups is 2. The average Bonchev–Trinajstić information content (AvgIpc) is 3.34. The molecule has 1 N–H and O–H groups in total.